The Balaban J connectivity index is 1.77. The molecule has 0 unspecified atom stereocenters. The van der Waals surface area contributed by atoms with Gasteiger partial charge < -0.3 is 5.32 Å². The van der Waals surface area contributed by atoms with Crippen molar-refractivity contribution in [3.63, 3.8) is 0 Å². The van der Waals surface area contributed by atoms with E-state index in [1.54, 1.807) is 11.8 Å². The summed E-state index contributed by atoms with van der Waals surface area (Å²) in [5, 5.41) is 3.67. The number of nitrogens with one attached hydrogen (secondary N) is 1. The van der Waals surface area contributed by atoms with E-state index in [1.807, 2.05) is 0 Å². The zero-order valence-electron chi connectivity index (χ0n) is 9.25. The predicted octanol–water partition coefficient (Wildman–Crippen LogP) is 3.43. The minimum absolute atomic E-state index is 0.432. The molecule has 16 heavy (non-hydrogen) atoms. The van der Waals surface area contributed by atoms with Gasteiger partial charge >= 0.3 is 0 Å². The van der Waals surface area contributed by atoms with E-state index in [-0.39, 0.29) is 0 Å². The Hall–Kier alpha value is -1.09. The number of anilines is 1. The van der Waals surface area contributed by atoms with Crippen LogP contribution in [0.5, 0.6) is 0 Å². The van der Waals surface area contributed by atoms with Gasteiger partial charge in [0, 0.05) is 6.54 Å². The van der Waals surface area contributed by atoms with E-state index in [4.69, 9.17) is 11.6 Å². The molecule has 2 rings (SSSR count). The second kappa shape index (κ2) is 5.85. The molecule has 1 heterocycles. The van der Waals surface area contributed by atoms with Crippen LogP contribution in [-0.2, 0) is 0 Å². The molecule has 0 amide bonds. The van der Waals surface area contributed by atoms with Crippen LogP contribution in [0.15, 0.2) is 24.0 Å². The monoisotopic (exact) mass is 237 g/mol. The number of hydrogen-bond acceptors (Lipinski definition) is 3. The Bertz CT molecular complexity index is 376. The van der Waals surface area contributed by atoms with Crippen molar-refractivity contribution in [3.8, 4) is 0 Å². The molecule has 0 fully saturated rings. The van der Waals surface area contributed by atoms with E-state index in [1.165, 1.54) is 31.9 Å². The van der Waals surface area contributed by atoms with Crippen molar-refractivity contribution in [3.05, 3.63) is 29.2 Å². The molecule has 86 valence electrons. The highest BCUT2D eigenvalue weighted by atomic mass is 35.5. The maximum Gasteiger partial charge on any atom is 0.149 e. The minimum atomic E-state index is 0.432. The number of nitrogens with zero attached hydrogens (tertiary/aromatic N) is 2. The van der Waals surface area contributed by atoms with Gasteiger partial charge in [0.15, 0.2) is 0 Å². The molecule has 0 bridgehead atoms. The summed E-state index contributed by atoms with van der Waals surface area (Å²) in [5.74, 6) is 0.754. The van der Waals surface area contributed by atoms with Crippen molar-refractivity contribution in [2.24, 2.45) is 0 Å². The van der Waals surface area contributed by atoms with Gasteiger partial charge in [0.05, 0.1) is 12.4 Å². The normalized spacial score (nSPS) is 15.7. The van der Waals surface area contributed by atoms with Crippen LogP contribution in [0.4, 0.5) is 5.82 Å². The first-order valence-corrected chi connectivity index (χ1v) is 6.12. The molecule has 0 aromatic carbocycles. The maximum atomic E-state index is 5.75. The van der Waals surface area contributed by atoms with Crippen molar-refractivity contribution in [2.75, 3.05) is 11.9 Å². The van der Waals surface area contributed by atoms with Crippen LogP contribution in [-0.4, -0.2) is 16.5 Å². The zero-order chi connectivity index (χ0) is 11.2. The van der Waals surface area contributed by atoms with Crippen LogP contribution in [0, 0.1) is 0 Å². The van der Waals surface area contributed by atoms with Crippen LogP contribution >= 0.6 is 11.6 Å². The first-order chi connectivity index (χ1) is 7.84. The highest BCUT2D eigenvalue weighted by Gasteiger charge is 2.03. The fourth-order valence-electron chi connectivity index (χ4n) is 1.91. The van der Waals surface area contributed by atoms with E-state index < -0.39 is 0 Å². The molecule has 1 aliphatic rings. The van der Waals surface area contributed by atoms with E-state index >= 15 is 0 Å². The van der Waals surface area contributed by atoms with Gasteiger partial charge in [-0.25, -0.2) is 4.98 Å². The van der Waals surface area contributed by atoms with Crippen molar-refractivity contribution < 1.29 is 0 Å². The van der Waals surface area contributed by atoms with Gasteiger partial charge in [-0.2, -0.15) is 0 Å². The third-order valence-electron chi connectivity index (χ3n) is 2.74. The Kier molecular flexibility index (Phi) is 4.17. The van der Waals surface area contributed by atoms with Crippen LogP contribution in [0.1, 0.15) is 32.1 Å². The van der Waals surface area contributed by atoms with Crippen LogP contribution in [0.3, 0.4) is 0 Å². The summed E-state index contributed by atoms with van der Waals surface area (Å²) in [5.41, 5.74) is 1.56. The van der Waals surface area contributed by atoms with E-state index in [0.29, 0.717) is 5.15 Å². The summed E-state index contributed by atoms with van der Waals surface area (Å²) in [4.78, 5) is 8.11. The van der Waals surface area contributed by atoms with Crippen LogP contribution in [0.25, 0.3) is 0 Å². The topological polar surface area (TPSA) is 37.8 Å². The summed E-state index contributed by atoms with van der Waals surface area (Å²) in [6.07, 6.45) is 11.9. The van der Waals surface area contributed by atoms with Gasteiger partial charge in [0.2, 0.25) is 0 Å². The second-order valence-electron chi connectivity index (χ2n) is 4.01. The van der Waals surface area contributed by atoms with Gasteiger partial charge in [0.1, 0.15) is 11.0 Å². The molecule has 1 aromatic heterocycles. The Morgan fingerprint density at radius 1 is 1.31 bits per heavy atom. The molecule has 0 saturated carbocycles. The minimum Gasteiger partial charge on any atom is -0.368 e. The Labute approximate surface area is 101 Å². The van der Waals surface area contributed by atoms with Gasteiger partial charge in [-0.1, -0.05) is 23.3 Å². The third kappa shape index (κ3) is 3.49. The quantitative estimate of drug-likeness (QED) is 0.816. The van der Waals surface area contributed by atoms with Crippen molar-refractivity contribution >= 4 is 17.4 Å². The van der Waals surface area contributed by atoms with E-state index in [9.17, 15) is 0 Å². The predicted molar refractivity (Wildman–Crippen MR) is 66.7 cm³/mol. The van der Waals surface area contributed by atoms with Crippen molar-refractivity contribution in [1.82, 2.24) is 9.97 Å². The Morgan fingerprint density at radius 2 is 2.25 bits per heavy atom. The number of hydrogen-bond donors (Lipinski definition) is 1. The largest absolute Gasteiger partial charge is 0.368 e. The number of rotatable bonds is 4. The molecule has 0 aliphatic heterocycles. The number of allylic oxidation sites excluding steroid dienone is 1. The highest BCUT2D eigenvalue weighted by Crippen LogP contribution is 2.19. The lowest BCUT2D eigenvalue weighted by molar-refractivity contribution is 0.679. The molecule has 0 saturated heterocycles. The molecular weight excluding hydrogens is 222 g/mol. The molecule has 4 heteroatoms. The molecule has 0 radical (unpaired) electrons. The lowest BCUT2D eigenvalue weighted by Crippen LogP contribution is -2.06. The first kappa shape index (κ1) is 11.4. The smallest absolute Gasteiger partial charge is 0.149 e. The van der Waals surface area contributed by atoms with Crippen LogP contribution in [0.2, 0.25) is 5.15 Å². The van der Waals surface area contributed by atoms with Gasteiger partial charge in [-0.05, 0) is 32.1 Å². The average Bonchev–Trinajstić information content (AvgIpc) is 2.30. The summed E-state index contributed by atoms with van der Waals surface area (Å²) >= 11 is 5.75. The molecule has 1 aliphatic carbocycles. The van der Waals surface area contributed by atoms with Gasteiger partial charge in [0.25, 0.3) is 0 Å². The van der Waals surface area contributed by atoms with Crippen molar-refractivity contribution in [1.29, 1.82) is 0 Å². The van der Waals surface area contributed by atoms with E-state index in [2.05, 4.69) is 21.4 Å². The zero-order valence-corrected chi connectivity index (χ0v) is 10.0. The Morgan fingerprint density at radius 3 is 3.00 bits per heavy atom. The lowest BCUT2D eigenvalue weighted by Gasteiger charge is -2.12. The third-order valence-corrected chi connectivity index (χ3v) is 2.92. The van der Waals surface area contributed by atoms with Gasteiger partial charge in [-0.15, -0.1) is 0 Å². The molecule has 1 aromatic rings. The molecule has 3 nitrogen and oxygen atoms in total. The summed E-state index contributed by atoms with van der Waals surface area (Å²) < 4.78 is 0. The second-order valence-corrected chi connectivity index (χ2v) is 4.40. The highest BCUT2D eigenvalue weighted by molar-refractivity contribution is 6.29. The van der Waals surface area contributed by atoms with E-state index in [0.717, 1.165) is 18.8 Å². The molecule has 0 atom stereocenters. The van der Waals surface area contributed by atoms with Crippen LogP contribution < -0.4 is 5.32 Å². The first-order valence-electron chi connectivity index (χ1n) is 5.74. The standard InChI is InChI=1S/C12H16ClN3/c13-11-8-14-9-12(16-11)15-7-6-10-4-2-1-3-5-10/h4,8-9H,1-3,5-7H2,(H,15,16). The number of aromatic nitrogens is 2. The lowest BCUT2D eigenvalue weighted by atomic mass is 9.97. The molecular formula is C12H16ClN3. The van der Waals surface area contributed by atoms with Gasteiger partial charge in [-0.3, -0.25) is 4.98 Å². The maximum absolute atomic E-state index is 5.75. The fraction of sp³-hybridized carbons (Fsp3) is 0.500. The SMILES string of the molecule is Clc1cncc(NCCC2=CCCCC2)n1. The molecule has 1 N–H and O–H groups in total. The molecule has 0 spiro atoms. The summed E-state index contributed by atoms with van der Waals surface area (Å²) in [6.45, 7) is 0.904. The number of halogens is 1. The summed E-state index contributed by atoms with van der Waals surface area (Å²) in [6, 6.07) is 0. The van der Waals surface area contributed by atoms with Crippen molar-refractivity contribution in [2.45, 2.75) is 32.1 Å². The average molecular weight is 238 g/mol. The summed E-state index contributed by atoms with van der Waals surface area (Å²) in [7, 11) is 0. The fourth-order valence-corrected chi connectivity index (χ4v) is 2.06.